The van der Waals surface area contributed by atoms with Crippen molar-refractivity contribution in [2.75, 3.05) is 0 Å². The molecule has 23 heavy (non-hydrogen) atoms. The number of hydrogen-bond donors (Lipinski definition) is 0. The molecule has 0 aromatic rings. The first kappa shape index (κ1) is 20.3. The monoisotopic (exact) mass is 430 g/mol. The molecule has 2 aliphatic heterocycles. The Balaban J connectivity index is 2.43. The van der Waals surface area contributed by atoms with Gasteiger partial charge in [0.2, 0.25) is 0 Å². The molecule has 7 nitrogen and oxygen atoms in total. The van der Waals surface area contributed by atoms with Crippen LogP contribution >= 0.6 is 0 Å². The molecule has 0 N–H and O–H groups in total. The minimum atomic E-state index is -3.36. The Hall–Kier alpha value is 1.02. The second-order valence-corrected chi connectivity index (χ2v) is 28.9. The van der Waals surface area contributed by atoms with Gasteiger partial charge in [0.15, 0.2) is 0 Å². The van der Waals surface area contributed by atoms with Gasteiger partial charge >= 0.3 is 51.9 Å². The predicted molar refractivity (Wildman–Crippen MR) is 101 cm³/mol. The van der Waals surface area contributed by atoms with Gasteiger partial charge < -0.3 is 28.8 Å². The molecule has 1 spiro atoms. The summed E-state index contributed by atoms with van der Waals surface area (Å²) in [5.41, 5.74) is 0. The van der Waals surface area contributed by atoms with Crippen LogP contribution in [-0.2, 0) is 28.8 Å². The summed E-state index contributed by atoms with van der Waals surface area (Å²) in [6.45, 7) is 20.1. The van der Waals surface area contributed by atoms with Gasteiger partial charge in [0, 0.05) is 0 Å². The molecule has 2 heterocycles. The molecule has 0 bridgehead atoms. The molecule has 0 aromatic heterocycles. The van der Waals surface area contributed by atoms with Crippen LogP contribution < -0.4 is 0 Å². The highest BCUT2D eigenvalue weighted by molar-refractivity contribution is 6.96. The van der Waals surface area contributed by atoms with E-state index in [2.05, 4.69) is 0 Å². The quantitative estimate of drug-likeness (QED) is 0.547. The van der Waals surface area contributed by atoms with Crippen LogP contribution in [0.25, 0.3) is 0 Å². The molecule has 136 valence electrons. The van der Waals surface area contributed by atoms with Gasteiger partial charge in [-0.3, -0.25) is 0 Å². The van der Waals surface area contributed by atoms with Crippen molar-refractivity contribution in [1.29, 1.82) is 0 Å². The van der Waals surface area contributed by atoms with Gasteiger partial charge in [0.1, 0.15) is 0 Å². The molecule has 13 heteroatoms. The van der Waals surface area contributed by atoms with Crippen molar-refractivity contribution >= 4 is 51.9 Å². The van der Waals surface area contributed by atoms with E-state index < -0.39 is 51.9 Å². The summed E-state index contributed by atoms with van der Waals surface area (Å²) in [5, 5.41) is 0. The fraction of sp³-hybridized carbons (Fsp3) is 1.00. The second kappa shape index (κ2) is 5.76. The van der Waals surface area contributed by atoms with E-state index in [1.807, 2.05) is 65.5 Å². The van der Waals surface area contributed by atoms with Gasteiger partial charge in [-0.25, -0.2) is 0 Å². The lowest BCUT2D eigenvalue weighted by atomic mass is 11.9. The molecule has 2 saturated heterocycles. The van der Waals surface area contributed by atoms with Gasteiger partial charge in [-0.15, -0.1) is 0 Å². The lowest BCUT2D eigenvalue weighted by molar-refractivity contribution is 0.0669. The Morgan fingerprint density at radius 3 is 0.696 bits per heavy atom. The largest absolute Gasteiger partial charge is 0.643 e. The van der Waals surface area contributed by atoms with Crippen LogP contribution in [0.1, 0.15) is 0 Å². The first-order chi connectivity index (χ1) is 9.95. The summed E-state index contributed by atoms with van der Waals surface area (Å²) in [6.07, 6.45) is 0. The molecule has 0 amide bonds. The van der Waals surface area contributed by atoms with Crippen molar-refractivity contribution in [3.05, 3.63) is 0 Å². The van der Waals surface area contributed by atoms with E-state index in [-0.39, 0.29) is 0 Å². The molecule has 0 atom stereocenters. The Kier molecular flexibility index (Phi) is 5.09. The van der Waals surface area contributed by atoms with Gasteiger partial charge in [-0.05, 0) is 65.5 Å². The molecule has 0 aromatic carbocycles. The third-order valence-corrected chi connectivity index (χ3v) is 26.6. The van der Waals surface area contributed by atoms with Crippen LogP contribution in [-0.4, -0.2) is 51.9 Å². The third kappa shape index (κ3) is 5.50. The standard InChI is InChI=1S/C10H30O7Si6/c1-18(2)11-19(3,4)14-23(15-20(5,6)12-18)16-21(7,8)13-22(9,10)17-23/h1-10H3. The van der Waals surface area contributed by atoms with Crippen LogP contribution in [0.15, 0.2) is 0 Å². The molecule has 2 rings (SSSR count). The summed E-state index contributed by atoms with van der Waals surface area (Å²) in [6, 6.07) is 0. The second-order valence-electron chi connectivity index (χ2n) is 8.21. The Morgan fingerprint density at radius 2 is 0.478 bits per heavy atom. The number of hydrogen-bond acceptors (Lipinski definition) is 7. The molecular weight excluding hydrogens is 401 g/mol. The normalized spacial score (nSPS) is 33.7. The van der Waals surface area contributed by atoms with Crippen molar-refractivity contribution in [2.45, 2.75) is 65.5 Å². The van der Waals surface area contributed by atoms with E-state index >= 15 is 0 Å². The van der Waals surface area contributed by atoms with Gasteiger partial charge in [0.05, 0.1) is 0 Å². The summed E-state index contributed by atoms with van der Waals surface area (Å²) >= 11 is 0. The lowest BCUT2D eigenvalue weighted by Crippen LogP contribution is -2.75. The van der Waals surface area contributed by atoms with E-state index in [9.17, 15) is 0 Å². The maximum absolute atomic E-state index is 6.42. The molecule has 0 unspecified atom stereocenters. The summed E-state index contributed by atoms with van der Waals surface area (Å²) in [4.78, 5) is 0. The van der Waals surface area contributed by atoms with Crippen LogP contribution in [0, 0.1) is 0 Å². The zero-order valence-electron chi connectivity index (χ0n) is 15.9. The highest BCUT2D eigenvalue weighted by Gasteiger charge is 2.66. The number of rotatable bonds is 0. The van der Waals surface area contributed by atoms with Crippen LogP contribution in [0.4, 0.5) is 0 Å². The van der Waals surface area contributed by atoms with E-state index in [0.717, 1.165) is 0 Å². The molecule has 2 aliphatic rings. The van der Waals surface area contributed by atoms with Crippen LogP contribution in [0.2, 0.25) is 65.5 Å². The van der Waals surface area contributed by atoms with Crippen molar-refractivity contribution in [3.8, 4) is 0 Å². The predicted octanol–water partition coefficient (Wildman–Crippen LogP) is 3.07. The Bertz CT molecular complexity index is 440. The summed E-state index contributed by atoms with van der Waals surface area (Å²) in [7, 11) is -15.5. The molecule has 0 radical (unpaired) electrons. The first-order valence-electron chi connectivity index (χ1n) is 7.86. The molecule has 0 saturated carbocycles. The minimum Gasteiger partial charge on any atom is -0.416 e. The van der Waals surface area contributed by atoms with E-state index in [1.54, 1.807) is 0 Å². The first-order valence-corrected chi connectivity index (χ1v) is 23.6. The molecular formula is C10H30O7Si6. The van der Waals surface area contributed by atoms with Gasteiger partial charge in [-0.2, -0.15) is 0 Å². The van der Waals surface area contributed by atoms with Gasteiger partial charge in [-0.1, -0.05) is 0 Å². The zero-order chi connectivity index (χ0) is 17.9. The summed E-state index contributed by atoms with van der Waals surface area (Å²) in [5.74, 6) is 0. The summed E-state index contributed by atoms with van der Waals surface area (Å²) < 4.78 is 44.1. The fourth-order valence-electron chi connectivity index (χ4n) is 3.21. The Morgan fingerprint density at radius 1 is 0.304 bits per heavy atom. The topological polar surface area (TPSA) is 64.6 Å². The maximum Gasteiger partial charge on any atom is 0.643 e. The molecule has 0 aliphatic carbocycles. The SMILES string of the molecule is C[Si]1(C)O[Si](C)(C)O[Si]2(O[Si](C)(C)O1)O[Si](C)(C)O[Si](C)(C)O2. The lowest BCUT2D eigenvalue weighted by Gasteiger charge is -2.52. The van der Waals surface area contributed by atoms with Crippen molar-refractivity contribution in [3.63, 3.8) is 0 Å². The van der Waals surface area contributed by atoms with Crippen molar-refractivity contribution < 1.29 is 28.8 Å². The van der Waals surface area contributed by atoms with E-state index in [1.165, 1.54) is 0 Å². The Labute approximate surface area is 146 Å². The smallest absolute Gasteiger partial charge is 0.416 e. The fourth-order valence-corrected chi connectivity index (χ4v) is 33.0. The highest BCUT2D eigenvalue weighted by Crippen LogP contribution is 2.38. The van der Waals surface area contributed by atoms with Crippen LogP contribution in [0.3, 0.4) is 0 Å². The van der Waals surface area contributed by atoms with Gasteiger partial charge in [0.25, 0.3) is 0 Å². The van der Waals surface area contributed by atoms with E-state index in [4.69, 9.17) is 28.8 Å². The van der Waals surface area contributed by atoms with E-state index in [0.29, 0.717) is 0 Å². The van der Waals surface area contributed by atoms with Crippen molar-refractivity contribution in [1.82, 2.24) is 0 Å². The minimum absolute atomic E-state index is 1.99. The zero-order valence-corrected chi connectivity index (χ0v) is 21.9. The third-order valence-electron chi connectivity index (χ3n) is 2.96. The average molecular weight is 431 g/mol. The molecule has 2 fully saturated rings. The average Bonchev–Trinajstić information content (AvgIpc) is 1.99. The van der Waals surface area contributed by atoms with Crippen LogP contribution in [0.5, 0.6) is 0 Å². The van der Waals surface area contributed by atoms with Crippen molar-refractivity contribution in [2.24, 2.45) is 0 Å². The highest BCUT2D eigenvalue weighted by atomic mass is 28.6. The maximum atomic E-state index is 6.42.